The maximum absolute atomic E-state index is 4.97. The second-order valence-corrected chi connectivity index (χ2v) is 3.74. The summed E-state index contributed by atoms with van der Waals surface area (Å²) in [4.78, 5) is 0. The Bertz CT molecular complexity index is 113. The largest absolute Gasteiger partial charge is 0.385 e. The van der Waals surface area contributed by atoms with Crippen LogP contribution in [0.5, 0.6) is 0 Å². The Balaban J connectivity index is 1.78. The van der Waals surface area contributed by atoms with Gasteiger partial charge in [0.05, 0.1) is 0 Å². The molecule has 3 nitrogen and oxygen atoms in total. The van der Waals surface area contributed by atoms with Crippen molar-refractivity contribution in [2.75, 3.05) is 39.9 Å². The number of rotatable bonds is 7. The third-order valence-corrected chi connectivity index (χ3v) is 2.59. The molecule has 1 aliphatic rings. The van der Waals surface area contributed by atoms with Crippen LogP contribution in [0.2, 0.25) is 0 Å². The van der Waals surface area contributed by atoms with Crippen molar-refractivity contribution in [2.45, 2.75) is 19.3 Å². The summed E-state index contributed by atoms with van der Waals surface area (Å²) < 4.78 is 4.97. The highest BCUT2D eigenvalue weighted by atomic mass is 16.5. The lowest BCUT2D eigenvalue weighted by Crippen LogP contribution is -2.21. The van der Waals surface area contributed by atoms with Gasteiger partial charge in [-0.2, -0.15) is 0 Å². The molecule has 0 aliphatic carbocycles. The van der Waals surface area contributed by atoms with E-state index in [-0.39, 0.29) is 0 Å². The van der Waals surface area contributed by atoms with Crippen molar-refractivity contribution < 1.29 is 4.74 Å². The summed E-state index contributed by atoms with van der Waals surface area (Å²) in [5.41, 5.74) is 0. The van der Waals surface area contributed by atoms with Crippen molar-refractivity contribution >= 4 is 0 Å². The SMILES string of the molecule is COCCCNCCC1CCNC1. The third-order valence-electron chi connectivity index (χ3n) is 2.59. The van der Waals surface area contributed by atoms with Crippen molar-refractivity contribution in [3.8, 4) is 0 Å². The van der Waals surface area contributed by atoms with Gasteiger partial charge >= 0.3 is 0 Å². The van der Waals surface area contributed by atoms with Crippen LogP contribution >= 0.6 is 0 Å². The molecule has 3 heteroatoms. The Labute approximate surface area is 81.2 Å². The second kappa shape index (κ2) is 7.30. The maximum atomic E-state index is 4.97. The molecule has 1 atom stereocenters. The first kappa shape index (κ1) is 11.0. The molecule has 1 heterocycles. The van der Waals surface area contributed by atoms with E-state index in [0.717, 1.165) is 32.0 Å². The highest BCUT2D eigenvalue weighted by molar-refractivity contribution is 4.71. The van der Waals surface area contributed by atoms with Crippen molar-refractivity contribution in [1.29, 1.82) is 0 Å². The molecule has 78 valence electrons. The van der Waals surface area contributed by atoms with Gasteiger partial charge in [0.15, 0.2) is 0 Å². The van der Waals surface area contributed by atoms with Crippen LogP contribution in [-0.4, -0.2) is 39.9 Å². The van der Waals surface area contributed by atoms with Gasteiger partial charge < -0.3 is 15.4 Å². The topological polar surface area (TPSA) is 33.3 Å². The average molecular weight is 186 g/mol. The Morgan fingerprint density at radius 2 is 2.38 bits per heavy atom. The van der Waals surface area contributed by atoms with E-state index in [9.17, 15) is 0 Å². The molecule has 0 aromatic rings. The third kappa shape index (κ3) is 5.24. The van der Waals surface area contributed by atoms with E-state index in [1.54, 1.807) is 7.11 Å². The molecular weight excluding hydrogens is 164 g/mol. The molecular formula is C10H22N2O. The predicted molar refractivity (Wildman–Crippen MR) is 55.0 cm³/mol. The van der Waals surface area contributed by atoms with E-state index < -0.39 is 0 Å². The zero-order valence-corrected chi connectivity index (χ0v) is 8.64. The smallest absolute Gasteiger partial charge is 0.0474 e. The van der Waals surface area contributed by atoms with E-state index in [0.29, 0.717) is 0 Å². The van der Waals surface area contributed by atoms with Gasteiger partial charge in [0.2, 0.25) is 0 Å². The number of hydrogen-bond donors (Lipinski definition) is 2. The lowest BCUT2D eigenvalue weighted by atomic mass is 10.1. The molecule has 0 amide bonds. The monoisotopic (exact) mass is 186 g/mol. The molecule has 1 rings (SSSR count). The molecule has 1 fully saturated rings. The predicted octanol–water partition coefficient (Wildman–Crippen LogP) is 0.612. The molecule has 2 N–H and O–H groups in total. The molecule has 0 bridgehead atoms. The van der Waals surface area contributed by atoms with Crippen LogP contribution in [0.4, 0.5) is 0 Å². The number of methoxy groups -OCH3 is 1. The molecule has 1 unspecified atom stereocenters. The Hall–Kier alpha value is -0.120. The zero-order valence-electron chi connectivity index (χ0n) is 8.64. The van der Waals surface area contributed by atoms with Crippen LogP contribution in [0.25, 0.3) is 0 Å². The van der Waals surface area contributed by atoms with E-state index >= 15 is 0 Å². The normalized spacial score (nSPS) is 22.4. The first-order valence-corrected chi connectivity index (χ1v) is 5.34. The average Bonchev–Trinajstić information content (AvgIpc) is 2.63. The van der Waals surface area contributed by atoms with Gasteiger partial charge in [-0.3, -0.25) is 0 Å². The minimum absolute atomic E-state index is 0.873. The molecule has 0 spiro atoms. The molecule has 0 aromatic carbocycles. The van der Waals surface area contributed by atoms with E-state index in [1.165, 1.54) is 25.9 Å². The Morgan fingerprint density at radius 1 is 1.46 bits per heavy atom. The van der Waals surface area contributed by atoms with Gasteiger partial charge in [0, 0.05) is 13.7 Å². The lowest BCUT2D eigenvalue weighted by Gasteiger charge is -2.08. The summed E-state index contributed by atoms with van der Waals surface area (Å²) in [7, 11) is 1.75. The summed E-state index contributed by atoms with van der Waals surface area (Å²) in [6, 6.07) is 0. The van der Waals surface area contributed by atoms with Crippen molar-refractivity contribution in [1.82, 2.24) is 10.6 Å². The maximum Gasteiger partial charge on any atom is 0.0474 e. The van der Waals surface area contributed by atoms with E-state index in [2.05, 4.69) is 10.6 Å². The van der Waals surface area contributed by atoms with Crippen LogP contribution in [0.3, 0.4) is 0 Å². The van der Waals surface area contributed by atoms with E-state index in [1.807, 2.05) is 0 Å². The van der Waals surface area contributed by atoms with Crippen LogP contribution in [-0.2, 0) is 4.74 Å². The summed E-state index contributed by atoms with van der Waals surface area (Å²) >= 11 is 0. The van der Waals surface area contributed by atoms with Gasteiger partial charge in [0.25, 0.3) is 0 Å². The molecule has 0 radical (unpaired) electrons. The summed E-state index contributed by atoms with van der Waals surface area (Å²) in [5, 5.41) is 6.83. The van der Waals surface area contributed by atoms with Crippen LogP contribution < -0.4 is 10.6 Å². The van der Waals surface area contributed by atoms with Crippen LogP contribution in [0.1, 0.15) is 19.3 Å². The fourth-order valence-electron chi connectivity index (χ4n) is 1.73. The zero-order chi connectivity index (χ0) is 9.36. The molecule has 0 aromatic heterocycles. The fourth-order valence-corrected chi connectivity index (χ4v) is 1.73. The van der Waals surface area contributed by atoms with Gasteiger partial charge in [-0.05, 0) is 51.4 Å². The molecule has 0 saturated carbocycles. The molecule has 1 aliphatic heterocycles. The standard InChI is InChI=1S/C10H22N2O/c1-13-8-2-5-11-6-3-10-4-7-12-9-10/h10-12H,2-9H2,1H3. The number of nitrogens with one attached hydrogen (secondary N) is 2. The van der Waals surface area contributed by atoms with Crippen LogP contribution in [0.15, 0.2) is 0 Å². The summed E-state index contributed by atoms with van der Waals surface area (Å²) in [6.07, 6.45) is 3.80. The van der Waals surface area contributed by atoms with Gasteiger partial charge in [-0.25, -0.2) is 0 Å². The Morgan fingerprint density at radius 3 is 3.08 bits per heavy atom. The minimum Gasteiger partial charge on any atom is -0.385 e. The minimum atomic E-state index is 0.873. The second-order valence-electron chi connectivity index (χ2n) is 3.74. The Kier molecular flexibility index (Phi) is 6.15. The van der Waals surface area contributed by atoms with Gasteiger partial charge in [-0.15, -0.1) is 0 Å². The number of ether oxygens (including phenoxy) is 1. The van der Waals surface area contributed by atoms with E-state index in [4.69, 9.17) is 4.74 Å². The lowest BCUT2D eigenvalue weighted by molar-refractivity contribution is 0.194. The number of hydrogen-bond acceptors (Lipinski definition) is 3. The quantitative estimate of drug-likeness (QED) is 0.572. The van der Waals surface area contributed by atoms with Crippen LogP contribution in [0, 0.1) is 5.92 Å². The fraction of sp³-hybridized carbons (Fsp3) is 1.00. The molecule has 1 saturated heterocycles. The highest BCUT2D eigenvalue weighted by Gasteiger charge is 2.12. The summed E-state index contributed by atoms with van der Waals surface area (Å²) in [6.45, 7) is 5.57. The van der Waals surface area contributed by atoms with Crippen molar-refractivity contribution in [3.05, 3.63) is 0 Å². The van der Waals surface area contributed by atoms with Gasteiger partial charge in [0.1, 0.15) is 0 Å². The summed E-state index contributed by atoms with van der Waals surface area (Å²) in [5.74, 6) is 0.912. The van der Waals surface area contributed by atoms with Gasteiger partial charge in [-0.1, -0.05) is 0 Å². The van der Waals surface area contributed by atoms with Crippen molar-refractivity contribution in [2.24, 2.45) is 5.92 Å². The van der Waals surface area contributed by atoms with Crippen molar-refractivity contribution in [3.63, 3.8) is 0 Å². The highest BCUT2D eigenvalue weighted by Crippen LogP contribution is 2.10. The molecule has 13 heavy (non-hydrogen) atoms. The first-order chi connectivity index (χ1) is 6.43. The first-order valence-electron chi connectivity index (χ1n) is 5.34.